The number of piperidine rings is 1. The van der Waals surface area contributed by atoms with Gasteiger partial charge in [-0.25, -0.2) is 8.42 Å². The quantitative estimate of drug-likeness (QED) is 0.527. The van der Waals surface area contributed by atoms with E-state index in [9.17, 15) is 23.3 Å². The molecule has 0 aromatic heterocycles. The highest BCUT2D eigenvalue weighted by atomic mass is 32.2. The van der Waals surface area contributed by atoms with Gasteiger partial charge in [-0.3, -0.25) is 14.9 Å². The maximum atomic E-state index is 12.9. The van der Waals surface area contributed by atoms with E-state index >= 15 is 0 Å². The van der Waals surface area contributed by atoms with Gasteiger partial charge in [0.1, 0.15) is 11.3 Å². The number of amides is 1. The Morgan fingerprint density at radius 3 is 2.41 bits per heavy atom. The third-order valence-corrected chi connectivity index (χ3v) is 7.30. The summed E-state index contributed by atoms with van der Waals surface area (Å²) < 4.78 is 30.5. The lowest BCUT2D eigenvalue weighted by atomic mass is 10.1. The summed E-state index contributed by atoms with van der Waals surface area (Å²) >= 11 is 0. The van der Waals surface area contributed by atoms with Gasteiger partial charge in [-0.2, -0.15) is 0 Å². The molecule has 1 fully saturated rings. The molecule has 1 amide bonds. The highest BCUT2D eigenvalue weighted by Crippen LogP contribution is 2.28. The molecule has 29 heavy (non-hydrogen) atoms. The van der Waals surface area contributed by atoms with Gasteiger partial charge in [0.15, 0.2) is 9.84 Å². The Balaban J connectivity index is 1.71. The van der Waals surface area contributed by atoms with Gasteiger partial charge in [0.2, 0.25) is 0 Å². The molecule has 9 heteroatoms. The van der Waals surface area contributed by atoms with Crippen molar-refractivity contribution < 1.29 is 22.9 Å². The van der Waals surface area contributed by atoms with Crippen LogP contribution in [-0.2, 0) is 15.6 Å². The minimum Gasteiger partial charge on any atom is -0.497 e. The molecule has 3 rings (SSSR count). The van der Waals surface area contributed by atoms with Gasteiger partial charge in [0, 0.05) is 19.2 Å². The van der Waals surface area contributed by atoms with Crippen LogP contribution in [-0.4, -0.2) is 49.6 Å². The fourth-order valence-corrected chi connectivity index (χ4v) is 5.31. The van der Waals surface area contributed by atoms with Gasteiger partial charge in [0.05, 0.1) is 23.0 Å². The van der Waals surface area contributed by atoms with E-state index in [2.05, 4.69) is 0 Å². The second kappa shape index (κ2) is 8.60. The lowest BCUT2D eigenvalue weighted by Crippen LogP contribution is -2.42. The molecular formula is C20H22N2O6S. The third kappa shape index (κ3) is 4.73. The summed E-state index contributed by atoms with van der Waals surface area (Å²) in [5, 5.41) is 10.7. The standard InChI is InChI=1S/C20H22N2O6S/c1-28-16-7-8-19(22(24)25)18(13-16)20(23)21-11-9-17(10-12-21)29(26,27)14-15-5-3-2-4-6-15/h2-8,13,17H,9-12,14H2,1H3. The van der Waals surface area contributed by atoms with Crippen LogP contribution in [0.5, 0.6) is 5.75 Å². The molecule has 1 heterocycles. The average molecular weight is 418 g/mol. The number of carbonyl (C=O) groups is 1. The maximum absolute atomic E-state index is 12.9. The molecule has 1 aliphatic rings. The lowest BCUT2D eigenvalue weighted by Gasteiger charge is -2.31. The molecule has 0 spiro atoms. The van der Waals surface area contributed by atoms with Crippen LogP contribution in [0.25, 0.3) is 0 Å². The van der Waals surface area contributed by atoms with E-state index in [0.717, 1.165) is 5.56 Å². The Hall–Kier alpha value is -2.94. The predicted molar refractivity (Wildman–Crippen MR) is 108 cm³/mol. The number of methoxy groups -OCH3 is 1. The van der Waals surface area contributed by atoms with E-state index in [0.29, 0.717) is 18.6 Å². The number of benzene rings is 2. The van der Waals surface area contributed by atoms with Crippen molar-refractivity contribution in [3.8, 4) is 5.75 Å². The number of ether oxygens (including phenoxy) is 1. The number of sulfone groups is 1. The van der Waals surface area contributed by atoms with Gasteiger partial charge in [0.25, 0.3) is 11.6 Å². The summed E-state index contributed by atoms with van der Waals surface area (Å²) in [6.07, 6.45) is 0.608. The first-order valence-electron chi connectivity index (χ1n) is 9.19. The number of carbonyl (C=O) groups excluding carboxylic acids is 1. The Morgan fingerprint density at radius 2 is 1.83 bits per heavy atom. The number of hydrogen-bond donors (Lipinski definition) is 0. The van der Waals surface area contributed by atoms with Crippen molar-refractivity contribution in [3.05, 3.63) is 69.8 Å². The number of nitro groups is 1. The molecule has 1 saturated heterocycles. The topological polar surface area (TPSA) is 107 Å². The fourth-order valence-electron chi connectivity index (χ4n) is 3.49. The molecule has 2 aromatic rings. The summed E-state index contributed by atoms with van der Waals surface area (Å²) in [5.74, 6) is -0.179. The molecule has 0 saturated carbocycles. The molecule has 2 aromatic carbocycles. The Morgan fingerprint density at radius 1 is 1.17 bits per heavy atom. The van der Waals surface area contributed by atoms with E-state index in [4.69, 9.17) is 4.74 Å². The molecule has 154 valence electrons. The van der Waals surface area contributed by atoms with E-state index < -0.39 is 25.9 Å². The van der Waals surface area contributed by atoms with Crippen LogP contribution in [0.4, 0.5) is 5.69 Å². The van der Waals surface area contributed by atoms with Gasteiger partial charge in [-0.15, -0.1) is 0 Å². The summed E-state index contributed by atoms with van der Waals surface area (Å²) in [6.45, 7) is 0.456. The molecule has 0 N–H and O–H groups in total. The molecule has 8 nitrogen and oxygen atoms in total. The second-order valence-electron chi connectivity index (χ2n) is 6.92. The predicted octanol–water partition coefficient (Wildman–Crippen LogP) is 2.82. The summed E-state index contributed by atoms with van der Waals surface area (Å²) in [6, 6.07) is 13.0. The van der Waals surface area contributed by atoms with Crippen molar-refractivity contribution in [2.24, 2.45) is 0 Å². The first kappa shape index (κ1) is 20.8. The largest absolute Gasteiger partial charge is 0.497 e. The zero-order valence-electron chi connectivity index (χ0n) is 16.0. The fraction of sp³-hybridized carbons (Fsp3) is 0.350. The van der Waals surface area contributed by atoms with Crippen molar-refractivity contribution in [3.63, 3.8) is 0 Å². The van der Waals surface area contributed by atoms with E-state index in [-0.39, 0.29) is 30.1 Å². The van der Waals surface area contributed by atoms with Crippen molar-refractivity contribution in [1.82, 2.24) is 4.90 Å². The smallest absolute Gasteiger partial charge is 0.282 e. The molecular weight excluding hydrogens is 396 g/mol. The molecule has 1 aliphatic heterocycles. The van der Waals surface area contributed by atoms with Crippen LogP contribution in [0.1, 0.15) is 28.8 Å². The van der Waals surface area contributed by atoms with Crippen LogP contribution in [0.3, 0.4) is 0 Å². The van der Waals surface area contributed by atoms with Crippen LogP contribution in [0, 0.1) is 10.1 Å². The molecule has 0 atom stereocenters. The summed E-state index contributed by atoms with van der Waals surface area (Å²) in [7, 11) is -1.93. The van der Waals surface area contributed by atoms with Gasteiger partial charge >= 0.3 is 0 Å². The highest BCUT2D eigenvalue weighted by molar-refractivity contribution is 7.91. The molecule has 0 unspecified atom stereocenters. The zero-order valence-corrected chi connectivity index (χ0v) is 16.8. The third-order valence-electron chi connectivity index (χ3n) is 5.08. The molecule has 0 aliphatic carbocycles. The van der Waals surface area contributed by atoms with Gasteiger partial charge in [-0.05, 0) is 30.5 Å². The van der Waals surface area contributed by atoms with Gasteiger partial charge < -0.3 is 9.64 Å². The Bertz CT molecular complexity index is 999. The number of hydrogen-bond acceptors (Lipinski definition) is 6. The van der Waals surface area contributed by atoms with Crippen LogP contribution in [0.2, 0.25) is 0 Å². The minimum absolute atomic E-state index is 0.0339. The molecule has 0 radical (unpaired) electrons. The number of nitro benzene ring substituents is 1. The highest BCUT2D eigenvalue weighted by Gasteiger charge is 2.33. The SMILES string of the molecule is COc1ccc([N+](=O)[O-])c(C(=O)N2CCC(S(=O)(=O)Cc3ccccc3)CC2)c1. The summed E-state index contributed by atoms with van der Waals surface area (Å²) in [5.41, 5.74) is 0.382. The number of rotatable bonds is 6. The van der Waals surface area contributed by atoms with E-state index in [1.165, 1.54) is 30.2 Å². The van der Waals surface area contributed by atoms with Crippen LogP contribution < -0.4 is 4.74 Å². The first-order valence-corrected chi connectivity index (χ1v) is 10.9. The zero-order chi connectivity index (χ0) is 21.0. The number of nitrogens with zero attached hydrogens (tertiary/aromatic N) is 2. The number of likely N-dealkylation sites (tertiary alicyclic amines) is 1. The van der Waals surface area contributed by atoms with Gasteiger partial charge in [-0.1, -0.05) is 30.3 Å². The minimum atomic E-state index is -3.35. The normalized spacial score (nSPS) is 15.1. The van der Waals surface area contributed by atoms with E-state index in [1.807, 2.05) is 6.07 Å². The maximum Gasteiger partial charge on any atom is 0.282 e. The van der Waals surface area contributed by atoms with E-state index in [1.54, 1.807) is 24.3 Å². The first-order chi connectivity index (χ1) is 13.8. The van der Waals surface area contributed by atoms with Crippen LogP contribution >= 0.6 is 0 Å². The van der Waals surface area contributed by atoms with Crippen molar-refractivity contribution in [2.75, 3.05) is 20.2 Å². The van der Waals surface area contributed by atoms with Crippen molar-refractivity contribution in [2.45, 2.75) is 23.8 Å². The van der Waals surface area contributed by atoms with Crippen LogP contribution in [0.15, 0.2) is 48.5 Å². The van der Waals surface area contributed by atoms with Crippen molar-refractivity contribution in [1.29, 1.82) is 0 Å². The molecule has 0 bridgehead atoms. The summed E-state index contributed by atoms with van der Waals surface area (Å²) in [4.78, 5) is 25.0. The lowest BCUT2D eigenvalue weighted by molar-refractivity contribution is -0.385. The van der Waals surface area contributed by atoms with Crippen molar-refractivity contribution >= 4 is 21.4 Å². The Kier molecular flexibility index (Phi) is 6.17. The second-order valence-corrected chi connectivity index (χ2v) is 9.21. The Labute approximate surface area is 169 Å². The monoisotopic (exact) mass is 418 g/mol. The average Bonchev–Trinajstić information content (AvgIpc) is 2.73.